The van der Waals surface area contributed by atoms with Gasteiger partial charge in [0, 0.05) is 31.4 Å². The molecule has 1 aliphatic heterocycles. The highest BCUT2D eigenvalue weighted by molar-refractivity contribution is 7.13. The first-order chi connectivity index (χ1) is 8.58. The number of hydrogen-bond donors (Lipinski definition) is 2. The lowest BCUT2D eigenvalue weighted by molar-refractivity contribution is -0.114. The zero-order valence-electron chi connectivity index (χ0n) is 10.8. The molecule has 0 saturated carbocycles. The van der Waals surface area contributed by atoms with E-state index in [2.05, 4.69) is 22.1 Å². The minimum atomic E-state index is -0.0753. The van der Waals surface area contributed by atoms with Crippen LogP contribution >= 0.6 is 11.3 Å². The number of carbonyl (C=O) groups is 1. The van der Waals surface area contributed by atoms with E-state index in [9.17, 15) is 4.79 Å². The maximum Gasteiger partial charge on any atom is 0.223 e. The molecule has 1 saturated heterocycles. The molecule has 3 N–H and O–H groups in total. The number of thiazole rings is 1. The first-order valence-electron chi connectivity index (χ1n) is 6.24. The van der Waals surface area contributed by atoms with Gasteiger partial charge in [-0.05, 0) is 25.8 Å². The van der Waals surface area contributed by atoms with Crippen LogP contribution in [0.3, 0.4) is 0 Å². The van der Waals surface area contributed by atoms with Gasteiger partial charge in [-0.1, -0.05) is 0 Å². The van der Waals surface area contributed by atoms with Crippen molar-refractivity contribution >= 4 is 22.4 Å². The molecule has 2 rings (SSSR count). The molecule has 0 aromatic carbocycles. The summed E-state index contributed by atoms with van der Waals surface area (Å²) >= 11 is 1.47. The highest BCUT2D eigenvalue weighted by Crippen LogP contribution is 2.25. The van der Waals surface area contributed by atoms with Gasteiger partial charge >= 0.3 is 0 Å². The maximum absolute atomic E-state index is 10.9. The molecule has 0 spiro atoms. The van der Waals surface area contributed by atoms with Crippen LogP contribution in [0.15, 0.2) is 5.38 Å². The normalized spacial score (nSPS) is 24.4. The first kappa shape index (κ1) is 13.5. The summed E-state index contributed by atoms with van der Waals surface area (Å²) in [7, 11) is 0. The summed E-state index contributed by atoms with van der Waals surface area (Å²) < 4.78 is 0. The summed E-state index contributed by atoms with van der Waals surface area (Å²) in [6.45, 7) is 6.37. The van der Waals surface area contributed by atoms with E-state index < -0.39 is 0 Å². The predicted molar refractivity (Wildman–Crippen MR) is 73.5 cm³/mol. The Morgan fingerprint density at radius 2 is 2.50 bits per heavy atom. The molecule has 6 heteroatoms. The van der Waals surface area contributed by atoms with Gasteiger partial charge in [0.05, 0.1) is 5.69 Å². The second-order valence-corrected chi connectivity index (χ2v) is 5.80. The fourth-order valence-corrected chi connectivity index (χ4v) is 3.15. The van der Waals surface area contributed by atoms with Gasteiger partial charge in [-0.2, -0.15) is 0 Å². The zero-order chi connectivity index (χ0) is 13.1. The average molecular weight is 268 g/mol. The summed E-state index contributed by atoms with van der Waals surface area (Å²) in [6.07, 6.45) is 1.17. The minimum Gasteiger partial charge on any atom is -0.330 e. The van der Waals surface area contributed by atoms with E-state index in [1.54, 1.807) is 0 Å². The van der Waals surface area contributed by atoms with Crippen molar-refractivity contribution in [3.05, 3.63) is 11.1 Å². The summed E-state index contributed by atoms with van der Waals surface area (Å²) in [6, 6.07) is 0.560. The number of likely N-dealkylation sites (tertiary alicyclic amines) is 1. The van der Waals surface area contributed by atoms with E-state index in [0.29, 0.717) is 17.1 Å². The Morgan fingerprint density at radius 3 is 3.11 bits per heavy atom. The largest absolute Gasteiger partial charge is 0.330 e. The number of hydrogen-bond acceptors (Lipinski definition) is 5. The molecule has 5 nitrogen and oxygen atoms in total. The molecule has 1 aromatic heterocycles. The van der Waals surface area contributed by atoms with Crippen LogP contribution in [-0.2, 0) is 11.3 Å². The molecule has 0 aliphatic carbocycles. The minimum absolute atomic E-state index is 0.0753. The summed E-state index contributed by atoms with van der Waals surface area (Å²) in [5.74, 6) is 0.530. The second-order valence-electron chi connectivity index (χ2n) is 4.94. The first-order valence-corrected chi connectivity index (χ1v) is 7.12. The molecule has 18 heavy (non-hydrogen) atoms. The van der Waals surface area contributed by atoms with Crippen LogP contribution in [-0.4, -0.2) is 34.9 Å². The van der Waals surface area contributed by atoms with Crippen LogP contribution in [0.1, 0.15) is 26.0 Å². The number of amides is 1. The van der Waals surface area contributed by atoms with Crippen LogP contribution < -0.4 is 11.1 Å². The number of rotatable bonds is 4. The van der Waals surface area contributed by atoms with Gasteiger partial charge in [0.25, 0.3) is 0 Å². The molecule has 2 heterocycles. The van der Waals surface area contributed by atoms with Gasteiger partial charge in [0.1, 0.15) is 0 Å². The lowest BCUT2D eigenvalue weighted by Gasteiger charge is -2.19. The molecule has 2 unspecified atom stereocenters. The monoisotopic (exact) mass is 268 g/mol. The third-order valence-corrected chi connectivity index (χ3v) is 4.13. The number of nitrogens with two attached hydrogens (primary N) is 1. The number of nitrogens with one attached hydrogen (secondary N) is 1. The standard InChI is InChI=1S/C12H20N4OS/c1-8-3-10(4-13)5-16(8)6-11-7-18-12(15-11)14-9(2)17/h7-8,10H,3-6,13H2,1-2H3,(H,14,15,17). The van der Waals surface area contributed by atoms with Gasteiger partial charge in [0.15, 0.2) is 5.13 Å². The fourth-order valence-electron chi connectivity index (χ4n) is 2.40. The maximum atomic E-state index is 10.9. The Morgan fingerprint density at radius 1 is 1.72 bits per heavy atom. The van der Waals surface area contributed by atoms with Crippen molar-refractivity contribution in [2.75, 3.05) is 18.4 Å². The third-order valence-electron chi connectivity index (χ3n) is 3.32. The number of anilines is 1. The predicted octanol–water partition coefficient (Wildman–Crippen LogP) is 1.27. The van der Waals surface area contributed by atoms with E-state index in [4.69, 9.17) is 5.73 Å². The van der Waals surface area contributed by atoms with Gasteiger partial charge in [-0.15, -0.1) is 11.3 Å². The van der Waals surface area contributed by atoms with Crippen LogP contribution in [0, 0.1) is 5.92 Å². The zero-order valence-corrected chi connectivity index (χ0v) is 11.7. The van der Waals surface area contributed by atoms with Crippen molar-refractivity contribution in [1.82, 2.24) is 9.88 Å². The van der Waals surface area contributed by atoms with Crippen LogP contribution in [0.25, 0.3) is 0 Å². The van der Waals surface area contributed by atoms with Crippen molar-refractivity contribution in [3.63, 3.8) is 0 Å². The molecule has 1 aliphatic rings. The van der Waals surface area contributed by atoms with Gasteiger partial charge in [0.2, 0.25) is 5.91 Å². The molecular formula is C12H20N4OS. The van der Waals surface area contributed by atoms with Crippen LogP contribution in [0.4, 0.5) is 5.13 Å². The van der Waals surface area contributed by atoms with E-state index in [0.717, 1.165) is 25.3 Å². The van der Waals surface area contributed by atoms with Gasteiger partial charge in [-0.25, -0.2) is 4.98 Å². The van der Waals surface area contributed by atoms with Crippen LogP contribution in [0.5, 0.6) is 0 Å². The summed E-state index contributed by atoms with van der Waals surface area (Å²) in [4.78, 5) is 17.8. The highest BCUT2D eigenvalue weighted by atomic mass is 32.1. The Balaban J connectivity index is 1.93. The molecule has 100 valence electrons. The van der Waals surface area contributed by atoms with E-state index in [-0.39, 0.29) is 5.91 Å². The van der Waals surface area contributed by atoms with Crippen molar-refractivity contribution in [2.45, 2.75) is 32.9 Å². The van der Waals surface area contributed by atoms with Crippen molar-refractivity contribution in [1.29, 1.82) is 0 Å². The summed E-state index contributed by atoms with van der Waals surface area (Å²) in [5.41, 5.74) is 6.74. The molecule has 0 radical (unpaired) electrons. The van der Waals surface area contributed by atoms with Gasteiger partial charge in [-0.3, -0.25) is 9.69 Å². The SMILES string of the molecule is CC(=O)Nc1nc(CN2CC(CN)CC2C)cs1. The molecule has 0 bridgehead atoms. The van der Waals surface area contributed by atoms with Crippen molar-refractivity contribution in [3.8, 4) is 0 Å². The second kappa shape index (κ2) is 5.77. The molecule has 1 aromatic rings. The van der Waals surface area contributed by atoms with Crippen LogP contribution in [0.2, 0.25) is 0 Å². The summed E-state index contributed by atoms with van der Waals surface area (Å²) in [5, 5.41) is 5.40. The third kappa shape index (κ3) is 3.28. The van der Waals surface area contributed by atoms with Crippen molar-refractivity contribution in [2.24, 2.45) is 11.7 Å². The Kier molecular flexibility index (Phi) is 4.31. The average Bonchev–Trinajstić information content (AvgIpc) is 2.86. The molecule has 1 amide bonds. The van der Waals surface area contributed by atoms with E-state index in [1.807, 2.05) is 5.38 Å². The Labute approximate surface area is 111 Å². The fraction of sp³-hybridized carbons (Fsp3) is 0.667. The molecule has 1 fully saturated rings. The molecular weight excluding hydrogens is 248 g/mol. The molecule has 2 atom stereocenters. The Hall–Kier alpha value is -0.980. The number of carbonyl (C=O) groups excluding carboxylic acids is 1. The smallest absolute Gasteiger partial charge is 0.223 e. The Bertz CT molecular complexity index is 420. The highest BCUT2D eigenvalue weighted by Gasteiger charge is 2.28. The van der Waals surface area contributed by atoms with E-state index >= 15 is 0 Å². The lowest BCUT2D eigenvalue weighted by atomic mass is 10.1. The quantitative estimate of drug-likeness (QED) is 0.862. The lowest BCUT2D eigenvalue weighted by Crippen LogP contribution is -2.27. The van der Waals surface area contributed by atoms with Gasteiger partial charge < -0.3 is 11.1 Å². The van der Waals surface area contributed by atoms with E-state index in [1.165, 1.54) is 24.7 Å². The topological polar surface area (TPSA) is 71.2 Å². The number of aromatic nitrogens is 1. The van der Waals surface area contributed by atoms with Crippen molar-refractivity contribution < 1.29 is 4.79 Å². The number of nitrogens with zero attached hydrogens (tertiary/aromatic N) is 2.